The van der Waals surface area contributed by atoms with E-state index in [0.29, 0.717) is 24.2 Å². The summed E-state index contributed by atoms with van der Waals surface area (Å²) in [4.78, 5) is 0. The smallest absolute Gasteiger partial charge is 0.198 e. The Labute approximate surface area is 584 Å². The normalized spacial score (nSPS) is 18.5. The maximum atomic E-state index is 8.66. The Hall–Kier alpha value is -8.60. The van der Waals surface area contributed by atoms with Crippen molar-refractivity contribution < 1.29 is 23.8 Å². The molecular weight excluding hydrogens is 1170 g/mol. The van der Waals surface area contributed by atoms with E-state index < -0.39 is 0 Å². The molecule has 4 heterocycles. The van der Waals surface area contributed by atoms with Crippen molar-refractivity contribution in [3.05, 3.63) is 257 Å². The molecule has 4 bridgehead atoms. The van der Waals surface area contributed by atoms with E-state index in [1.165, 1.54) is 198 Å². The standard InChI is InChI=1S/C25H28N.C24H26N.2C22H24N/c1-15-5-10-21-20(11-15)13-17(3)26(4)25(21)22-14-24-19-8-6-18(7-9-19)23(24)12-16(22)2;1-14-5-8-20-19(9-14)11-16(3)25(4)24(20)21-13-23-18-7-6-17(12-18)22(23)10-15(21)2;1-13-10-16-12-15(3)23(6)21-19-14(2)8-7-9-17(19)22(4,5)18(11-13)20(16)21;1-14-8-9-20-19(10-14)12-16(3)23(4)22(20)21-13-18-7-5-6-17(18)11-15(21)2/h5,10-14,18-19H,6-9H2,1-4H3;5,8-11,13,17-18H,6-7,12H2,1-4H3;7-12H,1-6H3;8-13H,5-7H2,1-4H3/q4*+1/i13D;11D;2*12D. The number of nitrogens with zero attached hydrogens (tertiary/aromatic N) is 4. The number of fused-ring (bicyclic) bond motifs is 13. The molecule has 2 fully saturated rings. The van der Waals surface area contributed by atoms with Crippen molar-refractivity contribution in [1.29, 1.82) is 0 Å². The van der Waals surface area contributed by atoms with Gasteiger partial charge in [-0.25, -0.2) is 0 Å². The summed E-state index contributed by atoms with van der Waals surface area (Å²) in [6, 6.07) is 48.0. The van der Waals surface area contributed by atoms with Gasteiger partial charge in [-0.2, -0.15) is 18.3 Å². The first kappa shape index (κ1) is 59.6. The second-order valence-corrected chi connectivity index (χ2v) is 31.1. The van der Waals surface area contributed by atoms with Crippen LogP contribution in [-0.4, -0.2) is 0 Å². The second-order valence-electron chi connectivity index (χ2n) is 31.1. The number of aryl methyl sites for hydroxylation is 10. The van der Waals surface area contributed by atoms with Crippen LogP contribution in [0.5, 0.6) is 0 Å². The third-order valence-corrected chi connectivity index (χ3v) is 24.3. The minimum absolute atomic E-state index is 0.0622. The molecule has 0 radical (unpaired) electrons. The number of pyridine rings is 4. The molecule has 0 N–H and O–H groups in total. The van der Waals surface area contributed by atoms with E-state index in [4.69, 9.17) is 5.48 Å². The van der Waals surface area contributed by atoms with Crippen LogP contribution in [0.1, 0.15) is 206 Å². The van der Waals surface area contributed by atoms with Crippen molar-refractivity contribution in [1.82, 2.24) is 0 Å². The second kappa shape index (κ2) is 24.4. The van der Waals surface area contributed by atoms with Crippen molar-refractivity contribution >= 4 is 43.1 Å². The van der Waals surface area contributed by atoms with Crippen LogP contribution in [0.2, 0.25) is 0 Å². The molecule has 12 aromatic rings. The topological polar surface area (TPSA) is 15.5 Å². The summed E-state index contributed by atoms with van der Waals surface area (Å²) in [6.45, 7) is 30.3. The van der Waals surface area contributed by atoms with E-state index in [2.05, 4.69) is 265 Å². The zero-order chi connectivity index (χ0) is 71.4. The third kappa shape index (κ3) is 10.9. The SMILES string of the molecule is [2H]c1c(C)[n+](C)c(-c2cc3c(cc2C)C2CCC3C2)c2ccc(C)cc12.[2H]c1c(C)[n+](C)c(-c2cc3c(cc2C)C2CCC3CC2)c2ccc(C)cc12.[2H]c1c(C)[n+](C)c(-c2cc3c(cc2C)CCC3)c2ccc(C)cc12.[2H]c1c(C)[n+](C)c2c3c(cc(C)cc13)C(C)(C)c1cccc(C)c1-2. The quantitative estimate of drug-likeness (QED) is 0.157. The van der Waals surface area contributed by atoms with Crippen LogP contribution in [-0.2, 0) is 46.4 Å². The fourth-order valence-corrected chi connectivity index (χ4v) is 18.6. The predicted octanol–water partition coefficient (Wildman–Crippen LogP) is 21.3. The van der Waals surface area contributed by atoms with E-state index in [9.17, 15) is 0 Å². The van der Waals surface area contributed by atoms with Gasteiger partial charge < -0.3 is 0 Å². The van der Waals surface area contributed by atoms with Crippen molar-refractivity contribution in [2.45, 2.75) is 190 Å². The Balaban J connectivity index is 0.000000109. The zero-order valence-electron chi connectivity index (χ0n) is 65.2. The summed E-state index contributed by atoms with van der Waals surface area (Å²) < 4.78 is 43.3. The maximum Gasteiger partial charge on any atom is 0.221 e. The molecule has 2 atom stereocenters. The first-order valence-electron chi connectivity index (χ1n) is 38.3. The van der Waals surface area contributed by atoms with Crippen LogP contribution < -0.4 is 18.3 Å². The lowest BCUT2D eigenvalue weighted by Gasteiger charge is -2.38. The average molecular weight is 1280 g/mol. The van der Waals surface area contributed by atoms with Crippen LogP contribution in [0.3, 0.4) is 0 Å². The molecular formula is C93H102N4+4. The van der Waals surface area contributed by atoms with Gasteiger partial charge in [-0.3, -0.25) is 0 Å². The summed E-state index contributed by atoms with van der Waals surface area (Å²) >= 11 is 0. The van der Waals surface area contributed by atoms with E-state index in [0.717, 1.165) is 68.0 Å². The third-order valence-electron chi connectivity index (χ3n) is 24.3. The van der Waals surface area contributed by atoms with Crippen LogP contribution in [0.15, 0.2) is 145 Å². The number of hydrogen-bond donors (Lipinski definition) is 0. The van der Waals surface area contributed by atoms with E-state index in [1.807, 2.05) is 0 Å². The molecule has 0 aliphatic heterocycles. The van der Waals surface area contributed by atoms with Crippen molar-refractivity contribution in [3.8, 4) is 45.0 Å². The number of benzene rings is 8. The van der Waals surface area contributed by atoms with E-state index >= 15 is 0 Å². The highest BCUT2D eigenvalue weighted by molar-refractivity contribution is 6.02. The Kier molecular flexibility index (Phi) is 15.0. The Morgan fingerprint density at radius 1 is 0.361 bits per heavy atom. The zero-order valence-corrected chi connectivity index (χ0v) is 61.2. The van der Waals surface area contributed by atoms with Crippen molar-refractivity contribution in [2.75, 3.05) is 0 Å². The van der Waals surface area contributed by atoms with E-state index in [-0.39, 0.29) is 5.41 Å². The molecule has 8 aromatic carbocycles. The fourth-order valence-electron chi connectivity index (χ4n) is 18.6. The Morgan fingerprint density at radius 2 is 0.742 bits per heavy atom. The summed E-state index contributed by atoms with van der Waals surface area (Å²) in [7, 11) is 8.42. The van der Waals surface area contributed by atoms with Gasteiger partial charge in [0.1, 0.15) is 28.2 Å². The molecule has 4 aromatic heterocycles. The summed E-state index contributed by atoms with van der Waals surface area (Å²) in [5.41, 5.74) is 36.8. The van der Waals surface area contributed by atoms with Gasteiger partial charge >= 0.3 is 0 Å². The summed E-state index contributed by atoms with van der Waals surface area (Å²) in [5.74, 6) is 3.10. The number of rotatable bonds is 3. The van der Waals surface area contributed by atoms with Crippen LogP contribution in [0.25, 0.3) is 88.1 Å². The predicted molar refractivity (Wildman–Crippen MR) is 407 cm³/mol. The van der Waals surface area contributed by atoms with Gasteiger partial charge in [-0.05, 0) is 268 Å². The first-order chi connectivity index (χ1) is 48.1. The minimum Gasteiger partial charge on any atom is -0.198 e. The molecule has 97 heavy (non-hydrogen) atoms. The summed E-state index contributed by atoms with van der Waals surface area (Å²) in [5, 5.41) is 9.10. The lowest BCUT2D eigenvalue weighted by molar-refractivity contribution is -0.665. The molecule has 4 heteroatoms. The van der Waals surface area contributed by atoms with Crippen LogP contribution in [0, 0.1) is 83.1 Å². The van der Waals surface area contributed by atoms with Gasteiger partial charge in [0.2, 0.25) is 22.8 Å². The van der Waals surface area contributed by atoms with Gasteiger partial charge in [0.05, 0.1) is 49.3 Å². The van der Waals surface area contributed by atoms with Crippen molar-refractivity contribution in [3.63, 3.8) is 0 Å². The molecule has 4 nitrogen and oxygen atoms in total. The molecule has 19 rings (SSSR count). The van der Waals surface area contributed by atoms with Crippen molar-refractivity contribution in [2.24, 2.45) is 28.2 Å². The van der Waals surface area contributed by atoms with Gasteiger partial charge in [0, 0.05) is 57.3 Å². The number of aromatic nitrogens is 4. The fraction of sp³-hybridized carbons (Fsp3) is 0.355. The molecule has 0 spiro atoms. The molecule has 490 valence electrons. The van der Waals surface area contributed by atoms with Gasteiger partial charge in [0.15, 0.2) is 22.8 Å². The molecule has 0 amide bonds. The Bertz CT molecular complexity index is 5550. The highest BCUT2D eigenvalue weighted by Gasteiger charge is 2.41. The lowest BCUT2D eigenvalue weighted by atomic mass is 9.66. The van der Waals surface area contributed by atoms with Gasteiger partial charge in [0.25, 0.3) is 0 Å². The van der Waals surface area contributed by atoms with Gasteiger partial charge in [-0.15, -0.1) is 0 Å². The number of hydrogen-bond acceptors (Lipinski definition) is 0. The first-order valence-corrected chi connectivity index (χ1v) is 36.3. The Morgan fingerprint density at radius 3 is 1.23 bits per heavy atom. The average Bonchev–Trinajstić information content (AvgIpc) is 1.06. The lowest BCUT2D eigenvalue weighted by Crippen LogP contribution is -2.38. The summed E-state index contributed by atoms with van der Waals surface area (Å²) in [6.07, 6.45) is 13.2. The van der Waals surface area contributed by atoms with Crippen LogP contribution in [0.4, 0.5) is 0 Å². The molecule has 0 saturated heterocycles. The van der Waals surface area contributed by atoms with Gasteiger partial charge in [-0.1, -0.05) is 121 Å². The monoisotopic (exact) mass is 1280 g/mol. The molecule has 2 saturated carbocycles. The molecule has 7 aliphatic rings. The van der Waals surface area contributed by atoms with E-state index in [1.54, 1.807) is 22.3 Å². The minimum atomic E-state index is -0.0622. The maximum absolute atomic E-state index is 8.66. The largest absolute Gasteiger partial charge is 0.221 e. The highest BCUT2D eigenvalue weighted by atomic mass is 15.0. The molecule has 7 aliphatic carbocycles. The van der Waals surface area contributed by atoms with Crippen LogP contribution >= 0.6 is 0 Å². The highest BCUT2D eigenvalue weighted by Crippen LogP contribution is 2.55. The molecule has 2 unspecified atom stereocenters.